The molecule has 0 spiro atoms. The number of alkyl halides is 1. The highest BCUT2D eigenvalue weighted by molar-refractivity contribution is 5.92. The van der Waals surface area contributed by atoms with E-state index in [9.17, 15) is 13.6 Å². The van der Waals surface area contributed by atoms with Crippen LogP contribution in [0.3, 0.4) is 0 Å². The molecule has 10 heteroatoms. The molecule has 1 aromatic heterocycles. The molecule has 182 valence electrons. The number of halogens is 2. The number of carbonyl (C=O) groups excluding carboxylic acids is 1. The van der Waals surface area contributed by atoms with Crippen LogP contribution in [0.2, 0.25) is 0 Å². The van der Waals surface area contributed by atoms with Gasteiger partial charge in [0, 0.05) is 37.2 Å². The molecule has 3 N–H and O–H groups in total. The molecule has 0 saturated heterocycles. The zero-order chi connectivity index (χ0) is 24.7. The smallest absolute Gasteiger partial charge is 0.319 e. The van der Waals surface area contributed by atoms with Gasteiger partial charge in [0.05, 0.1) is 17.0 Å². The van der Waals surface area contributed by atoms with E-state index < -0.39 is 17.5 Å². The fourth-order valence-corrected chi connectivity index (χ4v) is 3.00. The summed E-state index contributed by atoms with van der Waals surface area (Å²) in [7, 11) is 1.58. The third kappa shape index (κ3) is 7.24. The van der Waals surface area contributed by atoms with Gasteiger partial charge in [0.1, 0.15) is 36.0 Å². The van der Waals surface area contributed by atoms with Crippen LogP contribution in [0.1, 0.15) is 27.2 Å². The molecule has 1 atom stereocenters. The molecule has 0 saturated carbocycles. The van der Waals surface area contributed by atoms with Gasteiger partial charge in [-0.05, 0) is 51.5 Å². The van der Waals surface area contributed by atoms with Gasteiger partial charge in [-0.1, -0.05) is 0 Å². The van der Waals surface area contributed by atoms with Gasteiger partial charge in [-0.15, -0.1) is 0 Å². The van der Waals surface area contributed by atoms with E-state index in [1.54, 1.807) is 37.4 Å². The molecule has 2 aromatic carbocycles. The number of aromatic nitrogens is 2. The zero-order valence-corrected chi connectivity index (χ0v) is 19.6. The quantitative estimate of drug-likeness (QED) is 0.375. The summed E-state index contributed by atoms with van der Waals surface area (Å²) in [6.45, 7) is 5.27. The lowest BCUT2D eigenvalue weighted by atomic mass is 10.1. The number of benzene rings is 2. The number of hydrogen-bond donors (Lipinski definition) is 3. The number of nitrogens with one attached hydrogen (secondary N) is 3. The number of urea groups is 1. The molecule has 0 aliphatic carbocycles. The van der Waals surface area contributed by atoms with Crippen molar-refractivity contribution in [2.75, 3.05) is 30.9 Å². The van der Waals surface area contributed by atoms with Crippen LogP contribution in [0.25, 0.3) is 10.9 Å². The average Bonchev–Trinajstić information content (AvgIpc) is 2.77. The number of fused-ring (bicyclic) bond motifs is 1. The number of anilines is 3. The maximum atomic E-state index is 14.9. The third-order valence-corrected chi connectivity index (χ3v) is 4.96. The van der Waals surface area contributed by atoms with Crippen molar-refractivity contribution in [3.8, 4) is 5.75 Å². The van der Waals surface area contributed by atoms with E-state index in [-0.39, 0.29) is 31.1 Å². The van der Waals surface area contributed by atoms with Gasteiger partial charge in [-0.3, -0.25) is 0 Å². The van der Waals surface area contributed by atoms with Crippen LogP contribution < -0.4 is 20.7 Å². The monoisotopic (exact) mass is 473 g/mol. The first kappa shape index (κ1) is 25.1. The van der Waals surface area contributed by atoms with Crippen molar-refractivity contribution in [3.63, 3.8) is 0 Å². The Hall–Kier alpha value is -3.53. The first-order chi connectivity index (χ1) is 16.1. The van der Waals surface area contributed by atoms with Crippen molar-refractivity contribution in [1.29, 1.82) is 0 Å². The topological polar surface area (TPSA) is 97.4 Å². The first-order valence-electron chi connectivity index (χ1n) is 10.9. The lowest BCUT2D eigenvalue weighted by Gasteiger charge is -2.15. The molecular weight excluding hydrogens is 444 g/mol. The molecule has 0 aliphatic rings. The maximum Gasteiger partial charge on any atom is 0.319 e. The Kier molecular flexibility index (Phi) is 8.17. The molecule has 3 aromatic rings. The molecule has 0 radical (unpaired) electrons. The predicted molar refractivity (Wildman–Crippen MR) is 128 cm³/mol. The number of amides is 2. The summed E-state index contributed by atoms with van der Waals surface area (Å²) in [5.41, 5.74) is 0.235. The number of rotatable bonds is 10. The minimum Gasteiger partial charge on any atom is -0.491 e. The van der Waals surface area contributed by atoms with E-state index in [1.807, 2.05) is 6.92 Å². The Bertz CT molecular complexity index is 1120. The van der Waals surface area contributed by atoms with Crippen LogP contribution in [0, 0.1) is 5.82 Å². The Morgan fingerprint density at radius 2 is 1.85 bits per heavy atom. The summed E-state index contributed by atoms with van der Waals surface area (Å²) >= 11 is 0. The van der Waals surface area contributed by atoms with Crippen LogP contribution in [-0.4, -0.2) is 48.0 Å². The molecule has 1 heterocycles. The summed E-state index contributed by atoms with van der Waals surface area (Å²) in [5, 5.41) is 8.59. The predicted octanol–water partition coefficient (Wildman–Crippen LogP) is 5.19. The van der Waals surface area contributed by atoms with Crippen LogP contribution in [-0.2, 0) is 4.74 Å². The van der Waals surface area contributed by atoms with Crippen LogP contribution in [0.5, 0.6) is 5.75 Å². The minimum absolute atomic E-state index is 0.132. The van der Waals surface area contributed by atoms with Gasteiger partial charge < -0.3 is 25.4 Å². The van der Waals surface area contributed by atoms with Crippen LogP contribution >= 0.6 is 0 Å². The Morgan fingerprint density at radius 1 is 1.15 bits per heavy atom. The molecule has 0 aliphatic heterocycles. The lowest BCUT2D eigenvalue weighted by molar-refractivity contribution is 0.0716. The van der Waals surface area contributed by atoms with Crippen LogP contribution in [0.15, 0.2) is 42.7 Å². The van der Waals surface area contributed by atoms with Crippen molar-refractivity contribution in [3.05, 3.63) is 48.5 Å². The molecule has 34 heavy (non-hydrogen) atoms. The average molecular weight is 474 g/mol. The summed E-state index contributed by atoms with van der Waals surface area (Å²) in [5.74, 6) is 0.126. The van der Waals surface area contributed by atoms with Gasteiger partial charge in [0.2, 0.25) is 0 Å². The second-order valence-electron chi connectivity index (χ2n) is 8.43. The number of hydrogen-bond acceptors (Lipinski definition) is 6. The Labute approximate surface area is 197 Å². The van der Waals surface area contributed by atoms with Crippen molar-refractivity contribution in [2.45, 2.75) is 39.0 Å². The highest BCUT2D eigenvalue weighted by Crippen LogP contribution is 2.29. The fraction of sp³-hybridized carbons (Fsp3) is 0.375. The first-order valence-corrected chi connectivity index (χ1v) is 10.9. The molecule has 2 amide bonds. The molecule has 0 fully saturated rings. The summed E-state index contributed by atoms with van der Waals surface area (Å²) < 4.78 is 39.1. The minimum atomic E-state index is -1.34. The Balaban J connectivity index is 1.66. The van der Waals surface area contributed by atoms with Gasteiger partial charge in [-0.25, -0.2) is 23.5 Å². The summed E-state index contributed by atoms with van der Waals surface area (Å²) in [6.07, 6.45) is 1.42. The second kappa shape index (κ2) is 11.1. The number of methoxy groups -OCH3 is 1. The van der Waals surface area contributed by atoms with E-state index in [0.29, 0.717) is 28.5 Å². The normalized spacial score (nSPS) is 12.3. The van der Waals surface area contributed by atoms with Gasteiger partial charge in [-0.2, -0.15) is 0 Å². The van der Waals surface area contributed by atoms with E-state index >= 15 is 0 Å². The van der Waals surface area contributed by atoms with Crippen molar-refractivity contribution in [1.82, 2.24) is 15.3 Å². The SMILES string of the molecule is CO[C@H](C)COc1cc(F)c2c(Nc3ccc(NC(=O)NCCC(C)(C)F)cc3)ncnc2c1. The van der Waals surface area contributed by atoms with E-state index in [4.69, 9.17) is 9.47 Å². The van der Waals surface area contributed by atoms with E-state index in [0.717, 1.165) is 0 Å². The van der Waals surface area contributed by atoms with Gasteiger partial charge in [0.15, 0.2) is 0 Å². The third-order valence-electron chi connectivity index (χ3n) is 4.96. The molecule has 3 rings (SSSR count). The second-order valence-corrected chi connectivity index (χ2v) is 8.43. The van der Waals surface area contributed by atoms with Crippen molar-refractivity contribution in [2.24, 2.45) is 0 Å². The molecular formula is C24H29F2N5O3. The van der Waals surface area contributed by atoms with Crippen molar-refractivity contribution >= 4 is 34.1 Å². The van der Waals surface area contributed by atoms with Crippen molar-refractivity contribution < 1.29 is 23.0 Å². The highest BCUT2D eigenvalue weighted by atomic mass is 19.1. The molecule has 8 nitrogen and oxygen atoms in total. The van der Waals surface area contributed by atoms with E-state index in [1.165, 1.54) is 26.2 Å². The standard InChI is InChI=1S/C24H29F2N5O3/c1-15(33-4)13-34-18-11-19(25)21-20(12-18)28-14-29-22(21)30-16-5-7-17(8-6-16)31-23(32)27-10-9-24(2,3)26/h5-8,11-12,14-15H,9-10,13H2,1-4H3,(H2,27,31,32)(H,28,29,30)/t15-/m1/s1. The Morgan fingerprint density at radius 3 is 2.53 bits per heavy atom. The fourth-order valence-electron chi connectivity index (χ4n) is 3.00. The molecule has 0 unspecified atom stereocenters. The highest BCUT2D eigenvalue weighted by Gasteiger charge is 2.15. The van der Waals surface area contributed by atoms with Crippen LogP contribution in [0.4, 0.5) is 30.8 Å². The summed E-state index contributed by atoms with van der Waals surface area (Å²) in [4.78, 5) is 20.3. The number of carbonyl (C=O) groups is 1. The number of ether oxygens (including phenoxy) is 2. The zero-order valence-electron chi connectivity index (χ0n) is 19.6. The maximum absolute atomic E-state index is 14.9. The van der Waals surface area contributed by atoms with Gasteiger partial charge >= 0.3 is 6.03 Å². The number of nitrogens with zero attached hydrogens (tertiary/aromatic N) is 2. The summed E-state index contributed by atoms with van der Waals surface area (Å²) in [6, 6.07) is 9.31. The largest absolute Gasteiger partial charge is 0.491 e. The van der Waals surface area contributed by atoms with E-state index in [2.05, 4.69) is 25.9 Å². The van der Waals surface area contributed by atoms with Gasteiger partial charge in [0.25, 0.3) is 0 Å². The lowest BCUT2D eigenvalue weighted by Crippen LogP contribution is -2.32. The molecule has 0 bridgehead atoms.